The molecule has 0 amide bonds. The summed E-state index contributed by atoms with van der Waals surface area (Å²) in [5, 5.41) is 0. The van der Waals surface area contributed by atoms with Crippen molar-refractivity contribution in [1.29, 1.82) is 0 Å². The Hall–Kier alpha value is -0.960. The molecule has 12 heavy (non-hydrogen) atoms. The Labute approximate surface area is 78.8 Å². The van der Waals surface area contributed by atoms with Crippen LogP contribution in [0.5, 0.6) is 0 Å². The monoisotopic (exact) mass is 222 g/mol. The van der Waals surface area contributed by atoms with Gasteiger partial charge in [-0.1, -0.05) is 0 Å². The number of fused-ring (bicyclic) bond motifs is 1. The van der Waals surface area contributed by atoms with Gasteiger partial charge in [0.05, 0.1) is 5.52 Å². The smallest absolute Gasteiger partial charge is 0.103 e. The van der Waals surface area contributed by atoms with E-state index in [9.17, 15) is 0 Å². The number of pyridine rings is 2. The van der Waals surface area contributed by atoms with Crippen molar-refractivity contribution >= 4 is 27.0 Å². The average Bonchev–Trinajstić information content (AvgIpc) is 2.07. The Kier molecular flexibility index (Phi) is 1.81. The summed E-state index contributed by atoms with van der Waals surface area (Å²) >= 11 is 3.43. The lowest BCUT2D eigenvalue weighted by Crippen LogP contribution is -1.85. The minimum atomic E-state index is 0.926. The molecule has 0 saturated carbocycles. The molecule has 0 radical (unpaired) electrons. The van der Waals surface area contributed by atoms with E-state index in [0.717, 1.165) is 21.2 Å². The molecule has 3 heteroatoms. The standard InChI is InChI=1S/C9H7BrN2/c1-6-2-3-8-9(12-6)7(10)4-5-11-8/h2-5H,1H3. The summed E-state index contributed by atoms with van der Waals surface area (Å²) in [6, 6.07) is 5.83. The van der Waals surface area contributed by atoms with Gasteiger partial charge in [0.15, 0.2) is 0 Å². The van der Waals surface area contributed by atoms with Gasteiger partial charge in [0.2, 0.25) is 0 Å². The Bertz CT molecular complexity index is 426. The minimum Gasteiger partial charge on any atom is -0.255 e. The summed E-state index contributed by atoms with van der Waals surface area (Å²) in [6.07, 6.45) is 1.77. The van der Waals surface area contributed by atoms with Gasteiger partial charge in [-0.25, -0.2) is 0 Å². The molecule has 2 rings (SSSR count). The average molecular weight is 223 g/mol. The summed E-state index contributed by atoms with van der Waals surface area (Å²) in [5.74, 6) is 0. The van der Waals surface area contributed by atoms with Crippen molar-refractivity contribution in [3.63, 3.8) is 0 Å². The quantitative estimate of drug-likeness (QED) is 0.686. The molecule has 0 spiro atoms. The van der Waals surface area contributed by atoms with Crippen LogP contribution in [0.3, 0.4) is 0 Å². The van der Waals surface area contributed by atoms with Gasteiger partial charge in [-0.15, -0.1) is 0 Å². The van der Waals surface area contributed by atoms with E-state index in [-0.39, 0.29) is 0 Å². The zero-order chi connectivity index (χ0) is 8.55. The predicted octanol–water partition coefficient (Wildman–Crippen LogP) is 2.70. The number of hydrogen-bond acceptors (Lipinski definition) is 2. The van der Waals surface area contributed by atoms with E-state index in [2.05, 4.69) is 25.9 Å². The van der Waals surface area contributed by atoms with Gasteiger partial charge in [0.1, 0.15) is 5.52 Å². The molecule has 0 aliphatic rings. The molecule has 0 N–H and O–H groups in total. The second kappa shape index (κ2) is 2.83. The summed E-state index contributed by atoms with van der Waals surface area (Å²) in [4.78, 5) is 8.56. The van der Waals surface area contributed by atoms with Crippen molar-refractivity contribution in [2.45, 2.75) is 6.92 Å². The van der Waals surface area contributed by atoms with Gasteiger partial charge in [-0.05, 0) is 41.1 Å². The lowest BCUT2D eigenvalue weighted by Gasteiger charge is -1.98. The number of aryl methyl sites for hydroxylation is 1. The molecule has 0 aliphatic heterocycles. The van der Waals surface area contributed by atoms with E-state index in [1.807, 2.05) is 25.1 Å². The van der Waals surface area contributed by atoms with E-state index >= 15 is 0 Å². The molecule has 0 saturated heterocycles. The van der Waals surface area contributed by atoms with E-state index in [0.29, 0.717) is 0 Å². The van der Waals surface area contributed by atoms with E-state index in [4.69, 9.17) is 0 Å². The molecular weight excluding hydrogens is 216 g/mol. The highest BCUT2D eigenvalue weighted by atomic mass is 79.9. The fourth-order valence-electron chi connectivity index (χ4n) is 1.09. The Morgan fingerprint density at radius 3 is 2.92 bits per heavy atom. The van der Waals surface area contributed by atoms with Gasteiger partial charge in [0, 0.05) is 16.4 Å². The van der Waals surface area contributed by atoms with Crippen molar-refractivity contribution in [3.05, 3.63) is 34.6 Å². The molecule has 0 bridgehead atoms. The minimum absolute atomic E-state index is 0.926. The van der Waals surface area contributed by atoms with Gasteiger partial charge in [-0.3, -0.25) is 9.97 Å². The topological polar surface area (TPSA) is 25.8 Å². The highest BCUT2D eigenvalue weighted by Gasteiger charge is 1.99. The Balaban J connectivity index is 2.88. The second-order valence-electron chi connectivity index (χ2n) is 2.61. The summed E-state index contributed by atoms with van der Waals surface area (Å²) < 4.78 is 0.996. The van der Waals surface area contributed by atoms with Crippen LogP contribution < -0.4 is 0 Å². The summed E-state index contributed by atoms with van der Waals surface area (Å²) in [5.41, 5.74) is 2.86. The fourth-order valence-corrected chi connectivity index (χ4v) is 1.50. The van der Waals surface area contributed by atoms with Crippen molar-refractivity contribution in [3.8, 4) is 0 Å². The lowest BCUT2D eigenvalue weighted by atomic mass is 10.3. The van der Waals surface area contributed by atoms with E-state index in [1.54, 1.807) is 6.20 Å². The maximum absolute atomic E-state index is 4.37. The molecule has 2 aromatic heterocycles. The van der Waals surface area contributed by atoms with Crippen LogP contribution in [-0.4, -0.2) is 9.97 Å². The zero-order valence-corrected chi connectivity index (χ0v) is 8.17. The molecule has 0 atom stereocenters. The lowest BCUT2D eigenvalue weighted by molar-refractivity contribution is 1.23. The predicted molar refractivity (Wildman–Crippen MR) is 52.0 cm³/mol. The van der Waals surface area contributed by atoms with Crippen LogP contribution in [-0.2, 0) is 0 Å². The largest absolute Gasteiger partial charge is 0.255 e. The molecule has 2 heterocycles. The number of hydrogen-bond donors (Lipinski definition) is 0. The molecule has 2 aromatic rings. The molecule has 0 aromatic carbocycles. The number of halogens is 1. The maximum Gasteiger partial charge on any atom is 0.103 e. The molecule has 2 nitrogen and oxygen atoms in total. The maximum atomic E-state index is 4.37. The van der Waals surface area contributed by atoms with Crippen LogP contribution in [0.4, 0.5) is 0 Å². The molecule has 0 unspecified atom stereocenters. The fraction of sp³-hybridized carbons (Fsp3) is 0.111. The normalized spacial score (nSPS) is 10.5. The van der Waals surface area contributed by atoms with Crippen LogP contribution in [0.2, 0.25) is 0 Å². The molecule has 0 fully saturated rings. The van der Waals surface area contributed by atoms with Crippen molar-refractivity contribution < 1.29 is 0 Å². The van der Waals surface area contributed by atoms with Crippen LogP contribution >= 0.6 is 15.9 Å². The van der Waals surface area contributed by atoms with Crippen LogP contribution in [0, 0.1) is 6.92 Å². The van der Waals surface area contributed by atoms with Crippen LogP contribution in [0.15, 0.2) is 28.9 Å². The van der Waals surface area contributed by atoms with Crippen molar-refractivity contribution in [2.75, 3.05) is 0 Å². The van der Waals surface area contributed by atoms with Gasteiger partial charge in [-0.2, -0.15) is 0 Å². The Morgan fingerprint density at radius 1 is 1.25 bits per heavy atom. The summed E-state index contributed by atoms with van der Waals surface area (Å²) in [7, 11) is 0. The van der Waals surface area contributed by atoms with Gasteiger partial charge < -0.3 is 0 Å². The molecule has 60 valence electrons. The molecule has 0 aliphatic carbocycles. The highest BCUT2D eigenvalue weighted by Crippen LogP contribution is 2.19. The first-order valence-corrected chi connectivity index (χ1v) is 4.44. The first-order chi connectivity index (χ1) is 5.77. The van der Waals surface area contributed by atoms with Crippen molar-refractivity contribution in [2.24, 2.45) is 0 Å². The number of nitrogens with zero attached hydrogens (tertiary/aromatic N) is 2. The van der Waals surface area contributed by atoms with E-state index < -0.39 is 0 Å². The van der Waals surface area contributed by atoms with Crippen molar-refractivity contribution in [1.82, 2.24) is 9.97 Å². The number of aromatic nitrogens is 2. The second-order valence-corrected chi connectivity index (χ2v) is 3.47. The molecular formula is C9H7BrN2. The third-order valence-electron chi connectivity index (χ3n) is 1.67. The first-order valence-electron chi connectivity index (χ1n) is 3.65. The SMILES string of the molecule is Cc1ccc2nccc(Br)c2n1. The van der Waals surface area contributed by atoms with E-state index in [1.165, 1.54) is 0 Å². The number of rotatable bonds is 0. The van der Waals surface area contributed by atoms with Gasteiger partial charge in [0.25, 0.3) is 0 Å². The first kappa shape index (κ1) is 7.68. The Morgan fingerprint density at radius 2 is 2.08 bits per heavy atom. The zero-order valence-electron chi connectivity index (χ0n) is 6.58. The van der Waals surface area contributed by atoms with Crippen LogP contribution in [0.25, 0.3) is 11.0 Å². The summed E-state index contributed by atoms with van der Waals surface area (Å²) in [6.45, 7) is 1.97. The third-order valence-corrected chi connectivity index (χ3v) is 2.31. The van der Waals surface area contributed by atoms with Crippen LogP contribution in [0.1, 0.15) is 5.69 Å². The van der Waals surface area contributed by atoms with Gasteiger partial charge >= 0.3 is 0 Å². The highest BCUT2D eigenvalue weighted by molar-refractivity contribution is 9.10. The third kappa shape index (κ3) is 1.20.